The molecule has 2 nitrogen and oxygen atoms in total. The van der Waals surface area contributed by atoms with Crippen LogP contribution in [0.3, 0.4) is 0 Å². The molecule has 80 valence electrons. The Hall–Kier alpha value is -1.58. The molecule has 1 unspecified atom stereocenters. The van der Waals surface area contributed by atoms with Gasteiger partial charge in [0.25, 0.3) is 6.43 Å². The molecule has 1 heterocycles. The molecule has 0 aliphatic rings. The fourth-order valence-electron chi connectivity index (χ4n) is 1.47. The molecule has 2 aromatic rings. The molecule has 2 N–H and O–H groups in total. The number of fused-ring (bicyclic) bond motifs is 1. The Kier molecular flexibility index (Phi) is 2.58. The van der Waals surface area contributed by atoms with E-state index in [1.165, 1.54) is 6.92 Å². The van der Waals surface area contributed by atoms with E-state index in [9.17, 15) is 8.78 Å². The van der Waals surface area contributed by atoms with Gasteiger partial charge in [0.15, 0.2) is 0 Å². The van der Waals surface area contributed by atoms with Gasteiger partial charge in [0.1, 0.15) is 0 Å². The number of alkyl halides is 2. The predicted molar refractivity (Wildman–Crippen MR) is 57.4 cm³/mol. The molecule has 4 heteroatoms. The van der Waals surface area contributed by atoms with E-state index >= 15 is 0 Å². The number of halogens is 2. The van der Waals surface area contributed by atoms with Crippen LogP contribution in [0.2, 0.25) is 0 Å². The van der Waals surface area contributed by atoms with Gasteiger partial charge in [0.2, 0.25) is 0 Å². The van der Waals surface area contributed by atoms with E-state index in [-0.39, 0.29) is 0 Å². The van der Waals surface area contributed by atoms with Crippen molar-refractivity contribution in [2.24, 2.45) is 0 Å². The fraction of sp³-hybridized carbons (Fsp3) is 0.273. The fourth-order valence-corrected chi connectivity index (χ4v) is 1.47. The summed E-state index contributed by atoms with van der Waals surface area (Å²) in [6, 6.07) is 6.59. The van der Waals surface area contributed by atoms with E-state index in [2.05, 4.69) is 10.3 Å². The minimum absolute atomic E-state index is 0.718. The number of aromatic amines is 1. The highest BCUT2D eigenvalue weighted by Gasteiger charge is 2.13. The molecule has 0 spiro atoms. The van der Waals surface area contributed by atoms with Gasteiger partial charge in [0, 0.05) is 22.8 Å². The summed E-state index contributed by atoms with van der Waals surface area (Å²) < 4.78 is 24.6. The Bertz CT molecular complexity index is 451. The molecule has 0 aliphatic heterocycles. The molecule has 2 rings (SSSR count). The van der Waals surface area contributed by atoms with Crippen molar-refractivity contribution >= 4 is 16.6 Å². The van der Waals surface area contributed by atoms with Gasteiger partial charge >= 0.3 is 0 Å². The molecule has 0 radical (unpaired) electrons. The third kappa shape index (κ3) is 2.09. The van der Waals surface area contributed by atoms with Gasteiger partial charge in [-0.25, -0.2) is 8.78 Å². The van der Waals surface area contributed by atoms with Crippen LogP contribution >= 0.6 is 0 Å². The summed E-state index contributed by atoms with van der Waals surface area (Å²) >= 11 is 0. The molecule has 0 bridgehead atoms. The Morgan fingerprint density at radius 2 is 2.07 bits per heavy atom. The first-order valence-corrected chi connectivity index (χ1v) is 4.78. The SMILES string of the molecule is CC(Nc1ccc2[nH]ccc2c1)C(F)F. The number of hydrogen-bond donors (Lipinski definition) is 2. The highest BCUT2D eigenvalue weighted by Crippen LogP contribution is 2.19. The monoisotopic (exact) mass is 210 g/mol. The second-order valence-electron chi connectivity index (χ2n) is 3.55. The number of rotatable bonds is 3. The molecule has 0 fully saturated rings. The van der Waals surface area contributed by atoms with E-state index in [1.54, 1.807) is 6.07 Å². The molecule has 0 amide bonds. The van der Waals surface area contributed by atoms with Crippen molar-refractivity contribution in [3.8, 4) is 0 Å². The topological polar surface area (TPSA) is 27.8 Å². The summed E-state index contributed by atoms with van der Waals surface area (Å²) in [6.07, 6.45) is -0.530. The Labute approximate surface area is 86.3 Å². The summed E-state index contributed by atoms with van der Waals surface area (Å²) in [6.45, 7) is 1.46. The maximum Gasteiger partial charge on any atom is 0.258 e. The molecule has 1 aromatic carbocycles. The quantitative estimate of drug-likeness (QED) is 0.799. The van der Waals surface area contributed by atoms with Gasteiger partial charge in [-0.1, -0.05) is 0 Å². The minimum Gasteiger partial charge on any atom is -0.377 e. The zero-order valence-corrected chi connectivity index (χ0v) is 8.30. The summed E-state index contributed by atoms with van der Waals surface area (Å²) in [5.41, 5.74) is 1.72. The molecule has 1 atom stereocenters. The van der Waals surface area contributed by atoms with E-state index in [1.807, 2.05) is 24.4 Å². The van der Waals surface area contributed by atoms with Crippen molar-refractivity contribution in [2.45, 2.75) is 19.4 Å². The van der Waals surface area contributed by atoms with Crippen molar-refractivity contribution in [1.29, 1.82) is 0 Å². The lowest BCUT2D eigenvalue weighted by Crippen LogP contribution is -2.23. The number of nitrogens with one attached hydrogen (secondary N) is 2. The van der Waals surface area contributed by atoms with Crippen LogP contribution in [-0.4, -0.2) is 17.5 Å². The van der Waals surface area contributed by atoms with E-state index in [0.29, 0.717) is 0 Å². The second-order valence-corrected chi connectivity index (χ2v) is 3.55. The van der Waals surface area contributed by atoms with Crippen molar-refractivity contribution in [3.63, 3.8) is 0 Å². The number of aromatic nitrogens is 1. The lowest BCUT2D eigenvalue weighted by Gasteiger charge is -2.13. The highest BCUT2D eigenvalue weighted by molar-refractivity contribution is 5.82. The number of benzene rings is 1. The summed E-state index contributed by atoms with van der Waals surface area (Å²) in [4.78, 5) is 3.05. The van der Waals surface area contributed by atoms with Crippen LogP contribution in [0.25, 0.3) is 10.9 Å². The molecule has 0 saturated heterocycles. The Morgan fingerprint density at radius 1 is 1.27 bits per heavy atom. The molecule has 1 aromatic heterocycles. The maximum absolute atomic E-state index is 12.3. The number of anilines is 1. The van der Waals surface area contributed by atoms with Crippen LogP contribution in [-0.2, 0) is 0 Å². The molecular formula is C11H12F2N2. The largest absolute Gasteiger partial charge is 0.377 e. The molecule has 0 saturated carbocycles. The van der Waals surface area contributed by atoms with E-state index in [0.717, 1.165) is 16.6 Å². The summed E-state index contributed by atoms with van der Waals surface area (Å²) in [5.74, 6) is 0. The van der Waals surface area contributed by atoms with E-state index in [4.69, 9.17) is 0 Å². The summed E-state index contributed by atoms with van der Waals surface area (Å²) in [5, 5.41) is 3.77. The molecule has 15 heavy (non-hydrogen) atoms. The van der Waals surface area contributed by atoms with Crippen LogP contribution in [0, 0.1) is 0 Å². The first-order valence-electron chi connectivity index (χ1n) is 4.78. The average Bonchev–Trinajstić information content (AvgIpc) is 2.64. The third-order valence-electron chi connectivity index (χ3n) is 2.33. The van der Waals surface area contributed by atoms with E-state index < -0.39 is 12.5 Å². The smallest absolute Gasteiger partial charge is 0.258 e. The maximum atomic E-state index is 12.3. The Balaban J connectivity index is 2.21. The molecular weight excluding hydrogens is 198 g/mol. The summed E-state index contributed by atoms with van der Waals surface area (Å²) in [7, 11) is 0. The second kappa shape index (κ2) is 3.88. The number of hydrogen-bond acceptors (Lipinski definition) is 1. The zero-order chi connectivity index (χ0) is 10.8. The van der Waals surface area contributed by atoms with Crippen molar-refractivity contribution in [2.75, 3.05) is 5.32 Å². The minimum atomic E-state index is -2.35. The number of H-pyrrole nitrogens is 1. The third-order valence-corrected chi connectivity index (χ3v) is 2.33. The van der Waals surface area contributed by atoms with Crippen LogP contribution in [0.4, 0.5) is 14.5 Å². The van der Waals surface area contributed by atoms with Crippen molar-refractivity contribution in [1.82, 2.24) is 4.98 Å². The standard InChI is InChI=1S/C11H12F2N2/c1-7(11(12)13)15-9-2-3-10-8(6-9)4-5-14-10/h2-7,11,14-15H,1H3. The van der Waals surface area contributed by atoms with Crippen molar-refractivity contribution < 1.29 is 8.78 Å². The lowest BCUT2D eigenvalue weighted by molar-refractivity contribution is 0.131. The Morgan fingerprint density at radius 3 is 2.80 bits per heavy atom. The van der Waals surface area contributed by atoms with Gasteiger partial charge in [-0.2, -0.15) is 0 Å². The van der Waals surface area contributed by atoms with Gasteiger partial charge in [-0.15, -0.1) is 0 Å². The zero-order valence-electron chi connectivity index (χ0n) is 8.30. The van der Waals surface area contributed by atoms with Crippen molar-refractivity contribution in [3.05, 3.63) is 30.5 Å². The normalized spacial score (nSPS) is 13.3. The van der Waals surface area contributed by atoms with Gasteiger partial charge in [0.05, 0.1) is 6.04 Å². The van der Waals surface area contributed by atoms with Crippen LogP contribution in [0.5, 0.6) is 0 Å². The first-order chi connectivity index (χ1) is 7.16. The van der Waals surface area contributed by atoms with Gasteiger partial charge in [-0.05, 0) is 31.2 Å². The first kappa shape index (κ1) is 9.96. The van der Waals surface area contributed by atoms with Gasteiger partial charge in [-0.3, -0.25) is 0 Å². The molecule has 0 aliphatic carbocycles. The average molecular weight is 210 g/mol. The van der Waals surface area contributed by atoms with Crippen LogP contribution < -0.4 is 5.32 Å². The van der Waals surface area contributed by atoms with Gasteiger partial charge < -0.3 is 10.3 Å². The predicted octanol–water partition coefficient (Wildman–Crippen LogP) is 3.23. The van der Waals surface area contributed by atoms with Crippen LogP contribution in [0.1, 0.15) is 6.92 Å². The lowest BCUT2D eigenvalue weighted by atomic mass is 10.2. The highest BCUT2D eigenvalue weighted by atomic mass is 19.3. The van der Waals surface area contributed by atoms with Crippen LogP contribution in [0.15, 0.2) is 30.5 Å².